The first kappa shape index (κ1) is 14.4. The van der Waals surface area contributed by atoms with E-state index < -0.39 is 0 Å². The second-order valence-electron chi connectivity index (χ2n) is 6.91. The van der Waals surface area contributed by atoms with Crippen LogP contribution >= 0.6 is 0 Å². The summed E-state index contributed by atoms with van der Waals surface area (Å²) in [5.41, 5.74) is 1.43. The molecule has 1 aromatic heterocycles. The predicted molar refractivity (Wildman–Crippen MR) is 85.0 cm³/mol. The van der Waals surface area contributed by atoms with Gasteiger partial charge in [-0.05, 0) is 72.6 Å². The Bertz CT molecular complexity index is 699. The number of amides is 1. The highest BCUT2D eigenvalue weighted by Gasteiger charge is 2.42. The summed E-state index contributed by atoms with van der Waals surface area (Å²) < 4.78 is 1.55. The van der Waals surface area contributed by atoms with Gasteiger partial charge in [-0.25, -0.2) is 4.68 Å². The molecule has 2 aliphatic rings. The number of benzene rings is 1. The number of nitrogens with one attached hydrogen (secondary N) is 1. The number of fused-ring (bicyclic) bond motifs is 2. The summed E-state index contributed by atoms with van der Waals surface area (Å²) in [6.45, 7) is 2.15. The summed E-state index contributed by atoms with van der Waals surface area (Å²) >= 11 is 0. The Kier molecular flexibility index (Phi) is 3.59. The first-order chi connectivity index (χ1) is 11.2. The number of carbonyl (C=O) groups excluding carboxylic acids is 1. The molecule has 1 amide bonds. The van der Waals surface area contributed by atoms with Crippen LogP contribution in [0.15, 0.2) is 30.6 Å². The monoisotopic (exact) mass is 311 g/mol. The molecule has 2 bridgehead atoms. The van der Waals surface area contributed by atoms with Crippen molar-refractivity contribution in [1.29, 1.82) is 0 Å². The summed E-state index contributed by atoms with van der Waals surface area (Å²) in [6, 6.07) is 7.62. The van der Waals surface area contributed by atoms with E-state index in [-0.39, 0.29) is 11.9 Å². The number of nitrogens with zero attached hydrogens (tertiary/aromatic N) is 4. The number of hydrogen-bond donors (Lipinski definition) is 1. The SMILES string of the molecule is CC(NC(=O)c1cccc(-n2cnnn2)c1)C1CC2CCC1C2. The first-order valence-electron chi connectivity index (χ1n) is 8.35. The van der Waals surface area contributed by atoms with Crippen molar-refractivity contribution < 1.29 is 4.79 Å². The predicted octanol–water partition coefficient (Wildman–Crippen LogP) is 2.22. The zero-order valence-corrected chi connectivity index (χ0v) is 13.2. The maximum Gasteiger partial charge on any atom is 0.251 e. The van der Waals surface area contributed by atoms with Crippen LogP contribution in [0.1, 0.15) is 43.0 Å². The fraction of sp³-hybridized carbons (Fsp3) is 0.529. The van der Waals surface area contributed by atoms with Gasteiger partial charge in [0.2, 0.25) is 0 Å². The smallest absolute Gasteiger partial charge is 0.251 e. The number of aromatic nitrogens is 4. The molecule has 0 saturated heterocycles. The average molecular weight is 311 g/mol. The summed E-state index contributed by atoms with van der Waals surface area (Å²) in [6.07, 6.45) is 6.88. The van der Waals surface area contributed by atoms with Crippen LogP contribution in [0.4, 0.5) is 0 Å². The van der Waals surface area contributed by atoms with Crippen LogP contribution in [0.3, 0.4) is 0 Å². The van der Waals surface area contributed by atoms with E-state index in [9.17, 15) is 4.79 Å². The molecule has 0 aliphatic heterocycles. The van der Waals surface area contributed by atoms with Gasteiger partial charge in [-0.2, -0.15) is 0 Å². The Morgan fingerprint density at radius 1 is 1.35 bits per heavy atom. The molecule has 2 saturated carbocycles. The summed E-state index contributed by atoms with van der Waals surface area (Å²) in [5.74, 6) is 2.32. The minimum atomic E-state index is -0.0183. The highest BCUT2D eigenvalue weighted by atomic mass is 16.1. The van der Waals surface area contributed by atoms with E-state index in [2.05, 4.69) is 27.8 Å². The van der Waals surface area contributed by atoms with Crippen molar-refractivity contribution in [3.8, 4) is 5.69 Å². The van der Waals surface area contributed by atoms with Gasteiger partial charge in [0, 0.05) is 11.6 Å². The minimum absolute atomic E-state index is 0.0183. The standard InChI is InChI=1S/C17H21N5O/c1-11(16-8-12-5-6-13(16)7-12)19-17(23)14-3-2-4-15(9-14)22-10-18-20-21-22/h2-4,9-13,16H,5-8H2,1H3,(H,19,23). The molecule has 4 rings (SSSR count). The molecule has 1 aromatic carbocycles. The molecule has 23 heavy (non-hydrogen) atoms. The van der Waals surface area contributed by atoms with Crippen LogP contribution in [-0.2, 0) is 0 Å². The number of rotatable bonds is 4. The maximum atomic E-state index is 12.6. The summed E-state index contributed by atoms with van der Waals surface area (Å²) in [7, 11) is 0. The molecule has 1 N–H and O–H groups in total. The zero-order chi connectivity index (χ0) is 15.8. The van der Waals surface area contributed by atoms with Crippen molar-refractivity contribution in [3.05, 3.63) is 36.2 Å². The first-order valence-corrected chi connectivity index (χ1v) is 8.35. The quantitative estimate of drug-likeness (QED) is 0.939. The second kappa shape index (κ2) is 5.76. The molecule has 6 heteroatoms. The van der Waals surface area contributed by atoms with Crippen LogP contribution in [-0.4, -0.2) is 32.2 Å². The van der Waals surface area contributed by atoms with Crippen molar-refractivity contribution in [2.45, 2.75) is 38.6 Å². The fourth-order valence-corrected chi connectivity index (χ4v) is 4.37. The van der Waals surface area contributed by atoms with Gasteiger partial charge in [0.25, 0.3) is 5.91 Å². The van der Waals surface area contributed by atoms with Gasteiger partial charge >= 0.3 is 0 Å². The molecular formula is C17H21N5O. The van der Waals surface area contributed by atoms with Crippen molar-refractivity contribution in [2.24, 2.45) is 17.8 Å². The van der Waals surface area contributed by atoms with Crippen molar-refractivity contribution in [1.82, 2.24) is 25.5 Å². The molecule has 120 valence electrons. The number of tetrazole rings is 1. The third-order valence-electron chi connectivity index (χ3n) is 5.52. The number of carbonyl (C=O) groups is 1. The summed E-state index contributed by atoms with van der Waals surface area (Å²) in [4.78, 5) is 12.6. The molecule has 6 nitrogen and oxygen atoms in total. The van der Waals surface area contributed by atoms with Gasteiger partial charge in [-0.3, -0.25) is 4.79 Å². The summed E-state index contributed by atoms with van der Waals surface area (Å²) in [5, 5.41) is 14.3. The van der Waals surface area contributed by atoms with Crippen LogP contribution in [0.5, 0.6) is 0 Å². The molecule has 0 spiro atoms. The van der Waals surface area contributed by atoms with Gasteiger partial charge in [0.05, 0.1) is 5.69 Å². The Morgan fingerprint density at radius 2 is 2.26 bits per heavy atom. The van der Waals surface area contributed by atoms with Crippen LogP contribution < -0.4 is 5.32 Å². The van der Waals surface area contributed by atoms with Gasteiger partial charge in [-0.15, -0.1) is 5.10 Å². The Labute approximate surface area is 135 Å². The van der Waals surface area contributed by atoms with E-state index >= 15 is 0 Å². The van der Waals surface area contributed by atoms with Gasteiger partial charge in [0.15, 0.2) is 0 Å². The zero-order valence-electron chi connectivity index (χ0n) is 13.2. The lowest BCUT2D eigenvalue weighted by molar-refractivity contribution is 0.0915. The largest absolute Gasteiger partial charge is 0.349 e. The highest BCUT2D eigenvalue weighted by Crippen LogP contribution is 2.49. The third-order valence-corrected chi connectivity index (χ3v) is 5.52. The van der Waals surface area contributed by atoms with E-state index in [1.807, 2.05) is 24.3 Å². The number of hydrogen-bond acceptors (Lipinski definition) is 4. The normalized spacial score (nSPS) is 27.1. The van der Waals surface area contributed by atoms with Crippen LogP contribution in [0.2, 0.25) is 0 Å². The average Bonchev–Trinajstić information content (AvgIpc) is 3.32. The second-order valence-corrected chi connectivity index (χ2v) is 6.91. The van der Waals surface area contributed by atoms with Gasteiger partial charge < -0.3 is 5.32 Å². The third kappa shape index (κ3) is 2.73. The minimum Gasteiger partial charge on any atom is -0.349 e. The lowest BCUT2D eigenvalue weighted by atomic mass is 9.84. The van der Waals surface area contributed by atoms with Crippen molar-refractivity contribution >= 4 is 5.91 Å². The Morgan fingerprint density at radius 3 is 2.96 bits per heavy atom. The van der Waals surface area contributed by atoms with E-state index in [0.717, 1.165) is 17.5 Å². The lowest BCUT2D eigenvalue weighted by Crippen LogP contribution is -2.40. The van der Waals surface area contributed by atoms with E-state index in [1.165, 1.54) is 32.0 Å². The molecule has 2 aliphatic carbocycles. The van der Waals surface area contributed by atoms with Gasteiger partial charge in [-0.1, -0.05) is 12.5 Å². The van der Waals surface area contributed by atoms with Crippen molar-refractivity contribution in [2.75, 3.05) is 0 Å². The Balaban J connectivity index is 1.46. The van der Waals surface area contributed by atoms with Gasteiger partial charge in [0.1, 0.15) is 6.33 Å². The fourth-order valence-electron chi connectivity index (χ4n) is 4.37. The van der Waals surface area contributed by atoms with E-state index in [4.69, 9.17) is 0 Å². The van der Waals surface area contributed by atoms with Crippen molar-refractivity contribution in [3.63, 3.8) is 0 Å². The molecule has 2 fully saturated rings. The van der Waals surface area contributed by atoms with Crippen LogP contribution in [0, 0.1) is 17.8 Å². The van der Waals surface area contributed by atoms with Crippen LogP contribution in [0.25, 0.3) is 5.69 Å². The molecule has 1 heterocycles. The van der Waals surface area contributed by atoms with E-state index in [1.54, 1.807) is 4.68 Å². The molecular weight excluding hydrogens is 290 g/mol. The highest BCUT2D eigenvalue weighted by molar-refractivity contribution is 5.94. The topological polar surface area (TPSA) is 72.7 Å². The Hall–Kier alpha value is -2.24. The molecule has 2 aromatic rings. The molecule has 4 unspecified atom stereocenters. The molecule has 0 radical (unpaired) electrons. The van der Waals surface area contributed by atoms with E-state index in [0.29, 0.717) is 11.5 Å². The lowest BCUT2D eigenvalue weighted by Gasteiger charge is -2.28. The maximum absolute atomic E-state index is 12.6. The molecule has 4 atom stereocenters.